The van der Waals surface area contributed by atoms with Crippen molar-refractivity contribution < 1.29 is 18.0 Å². The van der Waals surface area contributed by atoms with Crippen molar-refractivity contribution in [3.63, 3.8) is 0 Å². The fourth-order valence-electron chi connectivity index (χ4n) is 1.65. The zero-order valence-electron chi connectivity index (χ0n) is 10.6. The van der Waals surface area contributed by atoms with Crippen molar-refractivity contribution in [1.29, 1.82) is 0 Å². The molecule has 0 aliphatic carbocycles. The maximum atomic E-state index is 12.7. The molecule has 0 unspecified atom stereocenters. The summed E-state index contributed by atoms with van der Waals surface area (Å²) in [6, 6.07) is 3.17. The van der Waals surface area contributed by atoms with Crippen LogP contribution in [0.5, 0.6) is 0 Å². The predicted molar refractivity (Wildman–Crippen MR) is 65.8 cm³/mol. The van der Waals surface area contributed by atoms with Crippen molar-refractivity contribution in [2.75, 3.05) is 5.32 Å². The lowest BCUT2D eigenvalue weighted by Crippen LogP contribution is -2.20. The monoisotopic (exact) mass is 300 g/mol. The van der Waals surface area contributed by atoms with Gasteiger partial charge in [-0.25, -0.2) is 4.68 Å². The number of nitrogens with one attached hydrogen (secondary N) is 1. The standard InChI is InChI=1S/C11H11F3N6O/c12-11(13,14)8-1-7(4-15)2-9(3-8)17-10(21)5-20-6-16-18-19-20/h1-3,6H,4-5,15H2,(H,17,21). The Kier molecular flexibility index (Phi) is 4.17. The molecule has 0 saturated carbocycles. The molecule has 3 N–H and O–H groups in total. The van der Waals surface area contributed by atoms with E-state index in [-0.39, 0.29) is 24.3 Å². The molecule has 7 nitrogen and oxygen atoms in total. The van der Waals surface area contributed by atoms with Gasteiger partial charge in [0.1, 0.15) is 12.9 Å². The Labute approximate surface area is 116 Å². The summed E-state index contributed by atoms with van der Waals surface area (Å²) in [6.07, 6.45) is -3.29. The first-order valence-corrected chi connectivity index (χ1v) is 5.80. The summed E-state index contributed by atoms with van der Waals surface area (Å²) >= 11 is 0. The maximum Gasteiger partial charge on any atom is 0.416 e. The van der Waals surface area contributed by atoms with E-state index in [9.17, 15) is 18.0 Å². The van der Waals surface area contributed by atoms with Gasteiger partial charge in [0.2, 0.25) is 5.91 Å². The molecule has 0 atom stereocenters. The second-order valence-electron chi connectivity index (χ2n) is 4.18. The van der Waals surface area contributed by atoms with E-state index in [4.69, 9.17) is 5.73 Å². The molecule has 0 spiro atoms. The number of tetrazole rings is 1. The van der Waals surface area contributed by atoms with Crippen molar-refractivity contribution in [3.8, 4) is 0 Å². The fraction of sp³-hybridized carbons (Fsp3) is 0.273. The highest BCUT2D eigenvalue weighted by Crippen LogP contribution is 2.31. The van der Waals surface area contributed by atoms with Crippen LogP contribution in [0.4, 0.5) is 18.9 Å². The average molecular weight is 300 g/mol. The lowest BCUT2D eigenvalue weighted by Gasteiger charge is -2.12. The lowest BCUT2D eigenvalue weighted by molar-refractivity contribution is -0.137. The summed E-state index contributed by atoms with van der Waals surface area (Å²) in [6.45, 7) is -0.277. The quantitative estimate of drug-likeness (QED) is 0.869. The Morgan fingerprint density at radius 2 is 2.10 bits per heavy atom. The van der Waals surface area contributed by atoms with Gasteiger partial charge in [0, 0.05) is 12.2 Å². The number of aromatic nitrogens is 4. The second-order valence-corrected chi connectivity index (χ2v) is 4.18. The highest BCUT2D eigenvalue weighted by Gasteiger charge is 2.31. The number of benzene rings is 1. The number of hydrogen-bond donors (Lipinski definition) is 2. The number of nitrogens with zero attached hydrogens (tertiary/aromatic N) is 4. The highest BCUT2D eigenvalue weighted by molar-refractivity contribution is 5.90. The van der Waals surface area contributed by atoms with E-state index in [2.05, 4.69) is 20.8 Å². The number of rotatable bonds is 4. The molecule has 0 saturated heterocycles. The summed E-state index contributed by atoms with van der Waals surface area (Å²) < 4.78 is 39.4. The number of alkyl halides is 3. The van der Waals surface area contributed by atoms with Crippen LogP contribution in [0.25, 0.3) is 0 Å². The largest absolute Gasteiger partial charge is 0.416 e. The summed E-state index contributed by atoms with van der Waals surface area (Å²) in [4.78, 5) is 11.7. The van der Waals surface area contributed by atoms with E-state index in [0.29, 0.717) is 0 Å². The zero-order chi connectivity index (χ0) is 15.5. The predicted octanol–water partition coefficient (Wildman–Crippen LogP) is 0.789. The van der Waals surface area contributed by atoms with Crippen LogP contribution in [-0.4, -0.2) is 26.1 Å². The Hall–Kier alpha value is -2.49. The van der Waals surface area contributed by atoms with E-state index >= 15 is 0 Å². The zero-order valence-corrected chi connectivity index (χ0v) is 10.6. The van der Waals surface area contributed by atoms with E-state index < -0.39 is 17.6 Å². The maximum absolute atomic E-state index is 12.7. The van der Waals surface area contributed by atoms with E-state index in [1.165, 1.54) is 12.4 Å². The summed E-state index contributed by atoms with van der Waals surface area (Å²) in [7, 11) is 0. The molecular formula is C11H11F3N6O. The van der Waals surface area contributed by atoms with Crippen molar-refractivity contribution in [1.82, 2.24) is 20.2 Å². The first-order valence-electron chi connectivity index (χ1n) is 5.80. The lowest BCUT2D eigenvalue weighted by atomic mass is 10.1. The minimum absolute atomic E-state index is 0.0170. The molecule has 0 fully saturated rings. The van der Waals surface area contributed by atoms with Gasteiger partial charge in [0.05, 0.1) is 5.56 Å². The number of carbonyl (C=O) groups excluding carboxylic acids is 1. The molecule has 0 aliphatic heterocycles. The van der Waals surface area contributed by atoms with Gasteiger partial charge in [-0.3, -0.25) is 4.79 Å². The van der Waals surface area contributed by atoms with Crippen LogP contribution in [0.1, 0.15) is 11.1 Å². The molecule has 0 aliphatic rings. The summed E-state index contributed by atoms with van der Waals surface area (Å²) in [5, 5.41) is 12.5. The van der Waals surface area contributed by atoms with E-state index in [0.717, 1.165) is 16.8 Å². The van der Waals surface area contributed by atoms with Crippen LogP contribution < -0.4 is 11.1 Å². The SMILES string of the molecule is NCc1cc(NC(=O)Cn2cnnn2)cc(C(F)(F)F)c1. The van der Waals surface area contributed by atoms with Crippen molar-refractivity contribution in [2.24, 2.45) is 5.73 Å². The smallest absolute Gasteiger partial charge is 0.326 e. The first kappa shape index (κ1) is 14.9. The molecule has 112 valence electrons. The van der Waals surface area contributed by atoms with Crippen LogP contribution in [0.15, 0.2) is 24.5 Å². The molecule has 1 heterocycles. The summed E-state index contributed by atoms with van der Waals surface area (Å²) in [5.74, 6) is -0.551. The minimum Gasteiger partial charge on any atom is -0.326 e. The first-order chi connectivity index (χ1) is 9.88. The number of nitrogens with two attached hydrogens (primary N) is 1. The van der Waals surface area contributed by atoms with Gasteiger partial charge in [0.25, 0.3) is 0 Å². The Morgan fingerprint density at radius 3 is 2.67 bits per heavy atom. The number of halogens is 3. The van der Waals surface area contributed by atoms with Gasteiger partial charge >= 0.3 is 6.18 Å². The Bertz CT molecular complexity index is 625. The normalized spacial score (nSPS) is 11.4. The van der Waals surface area contributed by atoms with Crippen molar-refractivity contribution in [3.05, 3.63) is 35.7 Å². The third-order valence-corrected chi connectivity index (χ3v) is 2.54. The molecule has 0 radical (unpaired) electrons. The van der Waals surface area contributed by atoms with Gasteiger partial charge in [-0.05, 0) is 34.2 Å². The van der Waals surface area contributed by atoms with Gasteiger partial charge in [0.15, 0.2) is 0 Å². The molecular weight excluding hydrogens is 289 g/mol. The molecule has 10 heteroatoms. The fourth-order valence-corrected chi connectivity index (χ4v) is 1.65. The third-order valence-electron chi connectivity index (χ3n) is 2.54. The van der Waals surface area contributed by atoms with Crippen LogP contribution in [0.3, 0.4) is 0 Å². The van der Waals surface area contributed by atoms with Gasteiger partial charge in [-0.15, -0.1) is 5.10 Å². The summed E-state index contributed by atoms with van der Waals surface area (Å²) in [5.41, 5.74) is 4.77. The van der Waals surface area contributed by atoms with Gasteiger partial charge in [-0.1, -0.05) is 0 Å². The molecule has 1 aromatic carbocycles. The van der Waals surface area contributed by atoms with Crippen LogP contribution >= 0.6 is 0 Å². The van der Waals surface area contributed by atoms with E-state index in [1.807, 2.05) is 0 Å². The molecule has 1 aromatic heterocycles. The molecule has 0 bridgehead atoms. The molecule has 2 rings (SSSR count). The van der Waals surface area contributed by atoms with Crippen LogP contribution in [-0.2, 0) is 24.1 Å². The van der Waals surface area contributed by atoms with Crippen molar-refractivity contribution >= 4 is 11.6 Å². The molecule has 2 aromatic rings. The molecule has 21 heavy (non-hydrogen) atoms. The second kappa shape index (κ2) is 5.87. The Balaban J connectivity index is 2.17. The van der Waals surface area contributed by atoms with Gasteiger partial charge in [-0.2, -0.15) is 13.2 Å². The third kappa shape index (κ3) is 3.99. The number of anilines is 1. The van der Waals surface area contributed by atoms with E-state index in [1.54, 1.807) is 0 Å². The number of carbonyl (C=O) groups is 1. The van der Waals surface area contributed by atoms with Crippen molar-refractivity contribution in [2.45, 2.75) is 19.3 Å². The van der Waals surface area contributed by atoms with Crippen LogP contribution in [0, 0.1) is 0 Å². The highest BCUT2D eigenvalue weighted by atomic mass is 19.4. The topological polar surface area (TPSA) is 98.7 Å². The van der Waals surface area contributed by atoms with Crippen LogP contribution in [0.2, 0.25) is 0 Å². The average Bonchev–Trinajstić information content (AvgIpc) is 2.89. The number of amides is 1. The minimum atomic E-state index is -4.51. The number of hydrogen-bond acceptors (Lipinski definition) is 5. The Morgan fingerprint density at radius 1 is 1.33 bits per heavy atom. The molecule has 1 amide bonds. The van der Waals surface area contributed by atoms with Gasteiger partial charge < -0.3 is 11.1 Å².